The smallest absolute Gasteiger partial charge is 0.244 e. The number of nitrogens with one attached hydrogen (secondary N) is 1. The van der Waals surface area contributed by atoms with Gasteiger partial charge in [0.1, 0.15) is 13.2 Å². The van der Waals surface area contributed by atoms with Crippen LogP contribution >= 0.6 is 0 Å². The molecule has 0 unspecified atom stereocenters. The van der Waals surface area contributed by atoms with Gasteiger partial charge in [-0.3, -0.25) is 4.79 Å². The van der Waals surface area contributed by atoms with Crippen molar-refractivity contribution in [3.63, 3.8) is 0 Å². The van der Waals surface area contributed by atoms with E-state index >= 15 is 0 Å². The van der Waals surface area contributed by atoms with Crippen LogP contribution < -0.4 is 19.5 Å². The second-order valence-corrected chi connectivity index (χ2v) is 6.65. The molecule has 1 N–H and O–H groups in total. The number of aryl methyl sites for hydroxylation is 1. The molecule has 1 aliphatic rings. The number of ether oxygens (including phenoxy) is 3. The third kappa shape index (κ3) is 4.34. The lowest BCUT2D eigenvalue weighted by atomic mass is 10.1. The summed E-state index contributed by atoms with van der Waals surface area (Å²) in [4.78, 5) is 16.5. The zero-order valence-electron chi connectivity index (χ0n) is 16.3. The van der Waals surface area contributed by atoms with Gasteiger partial charge in [-0.25, -0.2) is 4.98 Å². The number of fused-ring (bicyclic) bond motifs is 2. The fourth-order valence-corrected chi connectivity index (χ4v) is 3.27. The molecule has 0 atom stereocenters. The normalized spacial score (nSPS) is 13.0. The third-order valence-corrected chi connectivity index (χ3v) is 4.68. The van der Waals surface area contributed by atoms with Gasteiger partial charge in [0.2, 0.25) is 11.7 Å². The summed E-state index contributed by atoms with van der Waals surface area (Å²) in [5, 5.41) is 2.91. The lowest BCUT2D eigenvalue weighted by molar-refractivity contribution is -0.116. The molecule has 0 spiro atoms. The quantitative estimate of drug-likeness (QED) is 0.493. The third-order valence-electron chi connectivity index (χ3n) is 4.68. The Morgan fingerprint density at radius 1 is 1.28 bits per heavy atom. The van der Waals surface area contributed by atoms with Gasteiger partial charge < -0.3 is 24.1 Å². The first-order valence-corrected chi connectivity index (χ1v) is 9.58. The average Bonchev–Trinajstić information content (AvgIpc) is 3.17. The maximum absolute atomic E-state index is 12.1. The van der Waals surface area contributed by atoms with Gasteiger partial charge in [0.25, 0.3) is 0 Å². The first-order chi connectivity index (χ1) is 14.2. The Balaban J connectivity index is 1.30. The Hall–Kier alpha value is -3.48. The summed E-state index contributed by atoms with van der Waals surface area (Å²) in [5.41, 5.74) is 2.90. The van der Waals surface area contributed by atoms with Crippen LogP contribution in [0.2, 0.25) is 0 Å². The maximum Gasteiger partial charge on any atom is 0.244 e. The first-order valence-electron chi connectivity index (χ1n) is 9.58. The lowest BCUT2D eigenvalue weighted by Gasteiger charge is -2.20. The van der Waals surface area contributed by atoms with Crippen LogP contribution in [-0.4, -0.2) is 42.3 Å². The van der Waals surface area contributed by atoms with Crippen LogP contribution in [0.15, 0.2) is 48.8 Å². The molecule has 7 nitrogen and oxygen atoms in total. The minimum atomic E-state index is -0.144. The summed E-state index contributed by atoms with van der Waals surface area (Å²) in [6.45, 7) is 2.37. The molecule has 29 heavy (non-hydrogen) atoms. The van der Waals surface area contributed by atoms with Crippen molar-refractivity contribution in [1.29, 1.82) is 0 Å². The Bertz CT molecular complexity index is 1020. The van der Waals surface area contributed by atoms with E-state index in [0.29, 0.717) is 37.0 Å². The number of hydrogen-bond donors (Lipinski definition) is 1. The minimum absolute atomic E-state index is 0.144. The van der Waals surface area contributed by atoms with Crippen LogP contribution in [0.25, 0.3) is 17.1 Å². The highest BCUT2D eigenvalue weighted by Crippen LogP contribution is 2.40. The molecule has 0 fully saturated rings. The summed E-state index contributed by atoms with van der Waals surface area (Å²) in [7, 11) is 1.58. The molecule has 3 aromatic rings. The van der Waals surface area contributed by atoms with E-state index < -0.39 is 0 Å². The molecule has 0 radical (unpaired) electrons. The van der Waals surface area contributed by atoms with Gasteiger partial charge in [0.05, 0.1) is 24.5 Å². The van der Waals surface area contributed by atoms with Gasteiger partial charge in [-0.15, -0.1) is 0 Å². The summed E-state index contributed by atoms with van der Waals surface area (Å²) < 4.78 is 18.7. The number of para-hydroxylation sites is 2. The van der Waals surface area contributed by atoms with Gasteiger partial charge in [0.15, 0.2) is 11.5 Å². The van der Waals surface area contributed by atoms with Crippen molar-refractivity contribution in [2.24, 2.45) is 0 Å². The molecular formula is C22H23N3O4. The molecule has 0 bridgehead atoms. The highest BCUT2D eigenvalue weighted by Gasteiger charge is 2.17. The predicted octanol–water partition coefficient (Wildman–Crippen LogP) is 3.04. The summed E-state index contributed by atoms with van der Waals surface area (Å²) in [6, 6.07) is 11.7. The number of benzene rings is 2. The molecule has 7 heteroatoms. The zero-order chi connectivity index (χ0) is 20.1. The molecule has 2 aromatic carbocycles. The van der Waals surface area contributed by atoms with Crippen molar-refractivity contribution in [2.75, 3.05) is 26.9 Å². The van der Waals surface area contributed by atoms with Crippen molar-refractivity contribution >= 4 is 23.0 Å². The molecule has 150 valence electrons. The van der Waals surface area contributed by atoms with Crippen molar-refractivity contribution in [3.05, 3.63) is 54.4 Å². The zero-order valence-corrected chi connectivity index (χ0v) is 16.3. The van der Waals surface area contributed by atoms with E-state index in [0.717, 1.165) is 29.6 Å². The van der Waals surface area contributed by atoms with Crippen LogP contribution in [0.1, 0.15) is 12.0 Å². The average molecular weight is 393 g/mol. The highest BCUT2D eigenvalue weighted by atomic mass is 16.6. The van der Waals surface area contributed by atoms with Gasteiger partial charge >= 0.3 is 0 Å². The topological polar surface area (TPSA) is 74.6 Å². The summed E-state index contributed by atoms with van der Waals surface area (Å²) in [6.07, 6.45) is 5.90. The van der Waals surface area contributed by atoms with Crippen molar-refractivity contribution in [2.45, 2.75) is 13.0 Å². The van der Waals surface area contributed by atoms with Crippen molar-refractivity contribution in [1.82, 2.24) is 14.9 Å². The fourth-order valence-electron chi connectivity index (χ4n) is 3.27. The van der Waals surface area contributed by atoms with E-state index in [1.165, 1.54) is 6.08 Å². The van der Waals surface area contributed by atoms with Gasteiger partial charge in [-0.05, 0) is 42.3 Å². The Morgan fingerprint density at radius 3 is 3.03 bits per heavy atom. The molecule has 4 rings (SSSR count). The van der Waals surface area contributed by atoms with Crippen LogP contribution in [0.3, 0.4) is 0 Å². The number of carbonyl (C=O) groups is 1. The molecular weight excluding hydrogens is 370 g/mol. The number of methoxy groups -OCH3 is 1. The lowest BCUT2D eigenvalue weighted by Crippen LogP contribution is -2.23. The highest BCUT2D eigenvalue weighted by molar-refractivity contribution is 5.91. The number of imidazole rings is 1. The molecule has 2 heterocycles. The van der Waals surface area contributed by atoms with Crippen LogP contribution in [0.4, 0.5) is 0 Å². The Labute approximate surface area is 168 Å². The second kappa shape index (κ2) is 8.68. The number of rotatable bonds is 7. The number of amides is 1. The molecule has 1 aliphatic heterocycles. The van der Waals surface area contributed by atoms with E-state index in [1.54, 1.807) is 13.2 Å². The monoisotopic (exact) mass is 393 g/mol. The van der Waals surface area contributed by atoms with Crippen molar-refractivity contribution < 1.29 is 19.0 Å². The first kappa shape index (κ1) is 18.9. The van der Waals surface area contributed by atoms with Crippen LogP contribution in [-0.2, 0) is 11.3 Å². The number of aromatic nitrogens is 2. The van der Waals surface area contributed by atoms with E-state index in [1.807, 2.05) is 42.7 Å². The molecule has 0 saturated heterocycles. The van der Waals surface area contributed by atoms with Gasteiger partial charge in [0, 0.05) is 19.2 Å². The van der Waals surface area contributed by atoms with E-state index in [4.69, 9.17) is 14.2 Å². The Morgan fingerprint density at radius 2 is 2.14 bits per heavy atom. The van der Waals surface area contributed by atoms with Crippen LogP contribution in [0, 0.1) is 0 Å². The summed E-state index contributed by atoms with van der Waals surface area (Å²) in [5.74, 6) is 1.68. The molecule has 0 saturated carbocycles. The summed E-state index contributed by atoms with van der Waals surface area (Å²) >= 11 is 0. The van der Waals surface area contributed by atoms with E-state index in [2.05, 4.69) is 14.9 Å². The molecule has 1 amide bonds. The predicted molar refractivity (Wildman–Crippen MR) is 110 cm³/mol. The van der Waals surface area contributed by atoms with E-state index in [9.17, 15) is 4.79 Å². The van der Waals surface area contributed by atoms with Crippen LogP contribution in [0.5, 0.6) is 17.2 Å². The number of nitrogens with zero attached hydrogens (tertiary/aromatic N) is 2. The number of carbonyl (C=O) groups excluding carboxylic acids is 1. The molecule has 0 aliphatic carbocycles. The van der Waals surface area contributed by atoms with Gasteiger partial charge in [-0.1, -0.05) is 12.1 Å². The Kier molecular flexibility index (Phi) is 5.65. The number of hydrogen-bond acceptors (Lipinski definition) is 5. The van der Waals surface area contributed by atoms with Crippen molar-refractivity contribution in [3.8, 4) is 17.2 Å². The second-order valence-electron chi connectivity index (χ2n) is 6.65. The van der Waals surface area contributed by atoms with E-state index in [-0.39, 0.29) is 5.91 Å². The largest absolute Gasteiger partial charge is 0.493 e. The minimum Gasteiger partial charge on any atom is -0.493 e. The van der Waals surface area contributed by atoms with Gasteiger partial charge in [-0.2, -0.15) is 0 Å². The standard InChI is InChI=1S/C22H23N3O4/c1-27-19-13-16(14-20-22(19)29-12-11-28-20)7-8-21(26)23-9-4-10-25-15-24-17-5-2-3-6-18(17)25/h2-3,5-8,13-15H,4,9-12H2,1H3,(H,23,26)/b8-7+. The fraction of sp³-hybridized carbons (Fsp3) is 0.273. The SMILES string of the molecule is COc1cc(/C=C/C(=O)NCCCn2cnc3ccccc32)cc2c1OCCO2. The maximum atomic E-state index is 12.1. The molecule has 1 aromatic heterocycles.